The number of anilines is 1. The Balaban J connectivity index is 1.38. The molecule has 0 saturated carbocycles. The van der Waals surface area contributed by atoms with Gasteiger partial charge in [0.05, 0.1) is 11.4 Å². The van der Waals surface area contributed by atoms with Gasteiger partial charge >= 0.3 is 0 Å². The van der Waals surface area contributed by atoms with E-state index in [9.17, 15) is 13.2 Å². The van der Waals surface area contributed by atoms with Crippen LogP contribution in [0.2, 0.25) is 0 Å². The lowest BCUT2D eigenvalue weighted by Crippen LogP contribution is -2.51. The Morgan fingerprint density at radius 3 is 2.28 bits per heavy atom. The molecule has 0 bridgehead atoms. The molecule has 2 saturated heterocycles. The molecule has 2 aliphatic heterocycles. The maximum absolute atomic E-state index is 15.0. The van der Waals surface area contributed by atoms with E-state index in [-0.39, 0.29) is 22.7 Å². The Morgan fingerprint density at radius 2 is 1.56 bits per heavy atom. The molecule has 0 spiro atoms. The first-order valence-corrected chi connectivity index (χ1v) is 13.2. The molecule has 39 heavy (non-hydrogen) atoms. The number of rotatable bonds is 4. The Morgan fingerprint density at radius 1 is 0.795 bits per heavy atom. The van der Waals surface area contributed by atoms with Crippen LogP contribution in [0.3, 0.4) is 0 Å². The van der Waals surface area contributed by atoms with Crippen molar-refractivity contribution >= 4 is 16.9 Å². The Bertz CT molecular complexity index is 1550. The summed E-state index contributed by atoms with van der Waals surface area (Å²) in [5, 5.41) is 0. The minimum Gasteiger partial charge on any atom is -0.369 e. The van der Waals surface area contributed by atoms with Crippen molar-refractivity contribution < 1.29 is 13.2 Å². The molecule has 2 aliphatic rings. The fraction of sp³-hybridized carbons (Fsp3) is 0.379. The third-order valence-electron chi connectivity index (χ3n) is 7.83. The molecule has 4 aromatic rings. The average molecular weight is 534 g/mol. The summed E-state index contributed by atoms with van der Waals surface area (Å²) in [5.74, 6) is -1.67. The van der Waals surface area contributed by atoms with E-state index in [1.165, 1.54) is 30.7 Å². The SMILES string of the molecule is Cc1nc2nc(-c3cc(F)cc(N4CCN(C5CCN(C)C5)CC4)c3)nc(-c3ccc(F)cc3F)c2nc1C. The van der Waals surface area contributed by atoms with Gasteiger partial charge in [-0.1, -0.05) is 0 Å². The summed E-state index contributed by atoms with van der Waals surface area (Å²) in [6.07, 6.45) is 1.18. The summed E-state index contributed by atoms with van der Waals surface area (Å²) in [6, 6.07) is 8.63. The highest BCUT2D eigenvalue weighted by molar-refractivity contribution is 5.89. The molecule has 7 nitrogen and oxygen atoms in total. The van der Waals surface area contributed by atoms with Crippen LogP contribution in [0, 0.1) is 31.3 Å². The zero-order chi connectivity index (χ0) is 27.3. The van der Waals surface area contributed by atoms with Crippen molar-refractivity contribution in [1.29, 1.82) is 0 Å². The summed E-state index contributed by atoms with van der Waals surface area (Å²) in [6.45, 7) is 9.22. The first-order chi connectivity index (χ1) is 18.7. The van der Waals surface area contributed by atoms with Crippen LogP contribution in [-0.2, 0) is 0 Å². The minimum atomic E-state index is -0.771. The van der Waals surface area contributed by atoms with Gasteiger partial charge in [0, 0.05) is 61.6 Å². The van der Waals surface area contributed by atoms with Crippen molar-refractivity contribution in [2.75, 3.05) is 51.2 Å². The predicted octanol–water partition coefficient (Wildman–Crippen LogP) is 4.61. The van der Waals surface area contributed by atoms with E-state index in [0.29, 0.717) is 28.5 Å². The van der Waals surface area contributed by atoms with Gasteiger partial charge in [0.1, 0.15) is 28.7 Å². The molecule has 0 radical (unpaired) electrons. The predicted molar refractivity (Wildman–Crippen MR) is 145 cm³/mol. The number of halogens is 3. The number of aromatic nitrogens is 4. The fourth-order valence-electron chi connectivity index (χ4n) is 5.55. The van der Waals surface area contributed by atoms with Gasteiger partial charge in [-0.2, -0.15) is 0 Å². The van der Waals surface area contributed by atoms with Gasteiger partial charge in [-0.15, -0.1) is 0 Å². The lowest BCUT2D eigenvalue weighted by atomic mass is 10.1. The van der Waals surface area contributed by atoms with Crippen LogP contribution < -0.4 is 4.90 Å². The quantitative estimate of drug-likeness (QED) is 0.380. The van der Waals surface area contributed by atoms with Crippen molar-refractivity contribution in [1.82, 2.24) is 29.7 Å². The fourth-order valence-corrected chi connectivity index (χ4v) is 5.55. The van der Waals surface area contributed by atoms with E-state index in [4.69, 9.17) is 0 Å². The number of hydrogen-bond acceptors (Lipinski definition) is 7. The van der Waals surface area contributed by atoms with Gasteiger partial charge in [-0.3, -0.25) is 4.90 Å². The van der Waals surface area contributed by atoms with Crippen LogP contribution in [0.4, 0.5) is 18.9 Å². The van der Waals surface area contributed by atoms with E-state index in [0.717, 1.165) is 51.0 Å². The number of aryl methyl sites for hydroxylation is 2. The molecular formula is C29H30F3N7. The average Bonchev–Trinajstić information content (AvgIpc) is 3.35. The number of fused-ring (bicyclic) bond motifs is 1. The van der Waals surface area contributed by atoms with Crippen LogP contribution in [0.1, 0.15) is 17.8 Å². The second-order valence-corrected chi connectivity index (χ2v) is 10.5. The number of nitrogens with zero attached hydrogens (tertiary/aromatic N) is 7. The number of hydrogen-bond donors (Lipinski definition) is 0. The minimum absolute atomic E-state index is 0.0768. The molecule has 0 N–H and O–H groups in total. The maximum Gasteiger partial charge on any atom is 0.182 e. The molecule has 1 unspecified atom stereocenters. The van der Waals surface area contributed by atoms with Gasteiger partial charge in [0.2, 0.25) is 0 Å². The molecule has 2 aromatic heterocycles. The van der Waals surface area contributed by atoms with Crippen molar-refractivity contribution in [3.63, 3.8) is 0 Å². The van der Waals surface area contributed by atoms with E-state index >= 15 is 0 Å². The topological polar surface area (TPSA) is 61.3 Å². The Kier molecular flexibility index (Phi) is 6.68. The van der Waals surface area contributed by atoms with Crippen LogP contribution in [-0.4, -0.2) is 82.1 Å². The third kappa shape index (κ3) is 5.06. The Hall–Kier alpha value is -3.63. The second-order valence-electron chi connectivity index (χ2n) is 10.5. The molecule has 1 atom stereocenters. The number of piperazine rings is 1. The first-order valence-electron chi connectivity index (χ1n) is 13.2. The summed E-state index contributed by atoms with van der Waals surface area (Å²) >= 11 is 0. The normalized spacial score (nSPS) is 18.8. The highest BCUT2D eigenvalue weighted by Gasteiger charge is 2.29. The molecule has 4 heterocycles. The summed E-state index contributed by atoms with van der Waals surface area (Å²) < 4.78 is 43.5. The largest absolute Gasteiger partial charge is 0.369 e. The zero-order valence-electron chi connectivity index (χ0n) is 22.3. The standard InChI is InChI=1S/C29H30F3N7/c1-17-18(2)34-29-27(33-17)26(24-5-4-20(30)15-25(24)32)35-28(36-29)19-12-21(31)14-23(13-19)39-10-8-38(9-11-39)22-6-7-37(3)16-22/h4-5,12-15,22H,6-11,16H2,1-3H3. The van der Waals surface area contributed by atoms with Gasteiger partial charge in [0.15, 0.2) is 11.5 Å². The lowest BCUT2D eigenvalue weighted by molar-refractivity contribution is 0.187. The van der Waals surface area contributed by atoms with Crippen LogP contribution in [0.15, 0.2) is 36.4 Å². The van der Waals surface area contributed by atoms with Crippen molar-refractivity contribution in [3.05, 3.63) is 65.2 Å². The van der Waals surface area contributed by atoms with E-state index in [2.05, 4.69) is 41.7 Å². The molecule has 0 amide bonds. The maximum atomic E-state index is 15.0. The van der Waals surface area contributed by atoms with Gasteiger partial charge < -0.3 is 9.80 Å². The summed E-state index contributed by atoms with van der Waals surface area (Å²) in [7, 11) is 2.16. The van der Waals surface area contributed by atoms with E-state index in [1.54, 1.807) is 6.92 Å². The van der Waals surface area contributed by atoms with Gasteiger partial charge in [0.25, 0.3) is 0 Å². The second kappa shape index (κ2) is 10.2. The summed E-state index contributed by atoms with van der Waals surface area (Å²) in [5.41, 5.74) is 3.36. The molecular weight excluding hydrogens is 503 g/mol. The highest BCUT2D eigenvalue weighted by atomic mass is 19.1. The van der Waals surface area contributed by atoms with E-state index < -0.39 is 17.5 Å². The van der Waals surface area contributed by atoms with Gasteiger partial charge in [-0.25, -0.2) is 33.1 Å². The Labute approximate surface area is 225 Å². The van der Waals surface area contributed by atoms with Crippen LogP contribution >= 0.6 is 0 Å². The molecule has 202 valence electrons. The molecule has 2 aromatic carbocycles. The van der Waals surface area contributed by atoms with Crippen LogP contribution in [0.5, 0.6) is 0 Å². The number of likely N-dealkylation sites (N-methyl/N-ethyl adjacent to an activating group) is 1. The monoisotopic (exact) mass is 533 g/mol. The third-order valence-corrected chi connectivity index (χ3v) is 7.83. The highest BCUT2D eigenvalue weighted by Crippen LogP contribution is 2.32. The number of likely N-dealkylation sites (tertiary alicyclic amines) is 1. The molecule has 10 heteroatoms. The zero-order valence-corrected chi connectivity index (χ0v) is 22.3. The van der Waals surface area contributed by atoms with Crippen molar-refractivity contribution in [2.45, 2.75) is 26.3 Å². The number of benzene rings is 2. The van der Waals surface area contributed by atoms with Crippen molar-refractivity contribution in [3.8, 4) is 22.6 Å². The molecule has 2 fully saturated rings. The van der Waals surface area contributed by atoms with Crippen molar-refractivity contribution in [2.24, 2.45) is 0 Å². The van der Waals surface area contributed by atoms with Crippen LogP contribution in [0.25, 0.3) is 33.8 Å². The molecule has 6 rings (SSSR count). The van der Waals surface area contributed by atoms with E-state index in [1.807, 2.05) is 13.0 Å². The first kappa shape index (κ1) is 25.6. The lowest BCUT2D eigenvalue weighted by Gasteiger charge is -2.39. The molecule has 0 aliphatic carbocycles. The summed E-state index contributed by atoms with van der Waals surface area (Å²) in [4.78, 5) is 25.4. The smallest absolute Gasteiger partial charge is 0.182 e. The van der Waals surface area contributed by atoms with Gasteiger partial charge in [-0.05, 0) is 64.2 Å².